The van der Waals surface area contributed by atoms with E-state index in [0.29, 0.717) is 0 Å². The normalized spacial score (nSPS) is 17.7. The Morgan fingerprint density at radius 2 is 0.974 bits per heavy atom. The van der Waals surface area contributed by atoms with E-state index in [1.807, 2.05) is 0 Å². The van der Waals surface area contributed by atoms with E-state index in [-0.39, 0.29) is 12.0 Å². The van der Waals surface area contributed by atoms with Crippen LogP contribution in [0.4, 0.5) is 0 Å². The van der Waals surface area contributed by atoms with Gasteiger partial charge in [0.25, 0.3) is 0 Å². The maximum atomic E-state index is 6.99. The van der Waals surface area contributed by atoms with E-state index in [2.05, 4.69) is 146 Å². The van der Waals surface area contributed by atoms with Crippen LogP contribution in [0.3, 0.4) is 0 Å². The number of hydrogen-bond acceptors (Lipinski definition) is 1. The molecule has 1 nitrogen and oxygen atoms in total. The second-order valence-electron chi connectivity index (χ2n) is 10.4. The van der Waals surface area contributed by atoms with Crippen molar-refractivity contribution in [1.82, 2.24) is 0 Å². The van der Waals surface area contributed by atoms with Gasteiger partial charge in [0, 0.05) is 22.6 Å². The number of fused-ring (bicyclic) bond motifs is 5. The van der Waals surface area contributed by atoms with Gasteiger partial charge in [-0.25, -0.2) is 0 Å². The van der Waals surface area contributed by atoms with E-state index < -0.39 is 0 Å². The molecule has 0 aromatic heterocycles. The SMILES string of the molecule is C1=CC2C(c3c4ccccc4c(-c4ccccc4)c4ccccc34)=C(c3ccccc3)OC2c2ccccc21. The highest BCUT2D eigenvalue weighted by Gasteiger charge is 2.41. The zero-order valence-corrected chi connectivity index (χ0v) is 21.4. The summed E-state index contributed by atoms with van der Waals surface area (Å²) in [4.78, 5) is 0. The summed E-state index contributed by atoms with van der Waals surface area (Å²) in [5.41, 5.74) is 8.67. The van der Waals surface area contributed by atoms with Gasteiger partial charge in [0.15, 0.2) is 0 Å². The minimum absolute atomic E-state index is 0.0530. The fourth-order valence-corrected chi connectivity index (χ4v) is 6.58. The second-order valence-corrected chi connectivity index (χ2v) is 10.4. The topological polar surface area (TPSA) is 9.23 Å². The van der Waals surface area contributed by atoms with Crippen molar-refractivity contribution in [2.75, 3.05) is 0 Å². The van der Waals surface area contributed by atoms with Gasteiger partial charge in [0.05, 0.1) is 0 Å². The number of benzene rings is 6. The fourth-order valence-electron chi connectivity index (χ4n) is 6.58. The van der Waals surface area contributed by atoms with Gasteiger partial charge in [-0.2, -0.15) is 0 Å². The molecule has 0 fully saturated rings. The molecule has 8 rings (SSSR count). The number of ether oxygens (including phenoxy) is 1. The van der Waals surface area contributed by atoms with Crippen LogP contribution in [0.25, 0.3) is 50.1 Å². The zero-order chi connectivity index (χ0) is 25.8. The molecule has 0 radical (unpaired) electrons. The van der Waals surface area contributed by atoms with Crippen LogP contribution in [0.15, 0.2) is 140 Å². The van der Waals surface area contributed by atoms with Crippen molar-refractivity contribution in [3.05, 3.63) is 162 Å². The van der Waals surface area contributed by atoms with Crippen molar-refractivity contribution in [1.29, 1.82) is 0 Å². The number of hydrogen-bond donors (Lipinski definition) is 0. The van der Waals surface area contributed by atoms with Crippen LogP contribution in [-0.4, -0.2) is 0 Å². The van der Waals surface area contributed by atoms with Gasteiger partial charge in [-0.15, -0.1) is 0 Å². The van der Waals surface area contributed by atoms with Crippen molar-refractivity contribution in [2.45, 2.75) is 6.10 Å². The molecule has 1 aliphatic carbocycles. The van der Waals surface area contributed by atoms with Crippen LogP contribution in [0.1, 0.15) is 28.4 Å². The van der Waals surface area contributed by atoms with Gasteiger partial charge in [-0.1, -0.05) is 146 Å². The Morgan fingerprint density at radius 3 is 1.62 bits per heavy atom. The average molecular weight is 499 g/mol. The molecule has 0 spiro atoms. The van der Waals surface area contributed by atoms with Crippen LogP contribution in [0, 0.1) is 5.92 Å². The van der Waals surface area contributed by atoms with Crippen LogP contribution < -0.4 is 0 Å². The molecule has 0 saturated heterocycles. The lowest BCUT2D eigenvalue weighted by Crippen LogP contribution is -2.13. The third kappa shape index (κ3) is 3.40. The van der Waals surface area contributed by atoms with Crippen molar-refractivity contribution in [3.8, 4) is 11.1 Å². The van der Waals surface area contributed by atoms with Crippen LogP contribution in [0.2, 0.25) is 0 Å². The molecule has 2 atom stereocenters. The first-order chi connectivity index (χ1) is 19.4. The lowest BCUT2D eigenvalue weighted by molar-refractivity contribution is 0.169. The van der Waals surface area contributed by atoms with Gasteiger partial charge < -0.3 is 4.74 Å². The summed E-state index contributed by atoms with van der Waals surface area (Å²) in [6.45, 7) is 0. The Hall–Kier alpha value is -4.88. The Balaban J connectivity index is 1.49. The first-order valence-corrected chi connectivity index (χ1v) is 13.6. The minimum Gasteiger partial charge on any atom is -0.484 e. The highest BCUT2D eigenvalue weighted by molar-refractivity contribution is 6.20. The molecule has 0 N–H and O–H groups in total. The maximum absolute atomic E-state index is 6.99. The molecule has 0 bridgehead atoms. The van der Waals surface area contributed by atoms with Gasteiger partial charge in [-0.05, 0) is 43.8 Å². The van der Waals surface area contributed by atoms with E-state index in [4.69, 9.17) is 4.74 Å². The molecule has 1 heterocycles. The standard InChI is InChI=1S/C38H26O/c1-3-14-26(15-4-1)34-29-19-9-11-21-31(29)35(32-22-12-10-20-30(32)34)36-33-24-23-25-13-7-8-18-28(25)38(33)39-37(36)27-16-5-2-6-17-27/h1-24,33,38H. The van der Waals surface area contributed by atoms with E-state index in [9.17, 15) is 0 Å². The number of rotatable bonds is 3. The molecule has 0 saturated carbocycles. The lowest BCUT2D eigenvalue weighted by atomic mass is 9.77. The van der Waals surface area contributed by atoms with Gasteiger partial charge in [0.2, 0.25) is 0 Å². The van der Waals surface area contributed by atoms with Gasteiger partial charge in [0.1, 0.15) is 11.9 Å². The molecule has 184 valence electrons. The Labute approximate surface area is 228 Å². The predicted molar refractivity (Wildman–Crippen MR) is 163 cm³/mol. The summed E-state index contributed by atoms with van der Waals surface area (Å²) >= 11 is 0. The largest absolute Gasteiger partial charge is 0.484 e. The maximum Gasteiger partial charge on any atom is 0.135 e. The Kier molecular flexibility index (Phi) is 5.03. The monoisotopic (exact) mass is 498 g/mol. The third-order valence-corrected chi connectivity index (χ3v) is 8.23. The van der Waals surface area contributed by atoms with Crippen LogP contribution in [-0.2, 0) is 4.74 Å². The van der Waals surface area contributed by atoms with Crippen molar-refractivity contribution in [2.24, 2.45) is 5.92 Å². The van der Waals surface area contributed by atoms with Crippen LogP contribution >= 0.6 is 0 Å². The quantitative estimate of drug-likeness (QED) is 0.221. The molecule has 6 aromatic carbocycles. The zero-order valence-electron chi connectivity index (χ0n) is 21.4. The fraction of sp³-hybridized carbons (Fsp3) is 0.0526. The van der Waals surface area contributed by atoms with E-state index >= 15 is 0 Å². The minimum atomic E-state index is -0.0530. The summed E-state index contributed by atoms with van der Waals surface area (Å²) < 4.78 is 6.99. The van der Waals surface area contributed by atoms with E-state index in [1.165, 1.54) is 54.9 Å². The summed E-state index contributed by atoms with van der Waals surface area (Å²) in [7, 11) is 0. The first kappa shape index (κ1) is 22.1. The first-order valence-electron chi connectivity index (χ1n) is 13.6. The molecule has 0 amide bonds. The van der Waals surface area contributed by atoms with Crippen molar-refractivity contribution in [3.63, 3.8) is 0 Å². The molecule has 1 aliphatic heterocycles. The van der Waals surface area contributed by atoms with E-state index in [0.717, 1.165) is 11.3 Å². The lowest BCUT2D eigenvalue weighted by Gasteiger charge is -2.26. The molecule has 39 heavy (non-hydrogen) atoms. The molecule has 2 unspecified atom stereocenters. The smallest absolute Gasteiger partial charge is 0.135 e. The summed E-state index contributed by atoms with van der Waals surface area (Å²) in [5.74, 6) is 1.10. The summed E-state index contributed by atoms with van der Waals surface area (Å²) in [6.07, 6.45) is 4.58. The molecule has 1 heteroatoms. The average Bonchev–Trinajstić information content (AvgIpc) is 3.40. The van der Waals surface area contributed by atoms with Crippen LogP contribution in [0.5, 0.6) is 0 Å². The van der Waals surface area contributed by atoms with Crippen molar-refractivity contribution >= 4 is 39.0 Å². The predicted octanol–water partition coefficient (Wildman–Crippen LogP) is 9.94. The molecule has 2 aliphatic rings. The summed E-state index contributed by atoms with van der Waals surface area (Å²) in [5, 5.41) is 5.05. The summed E-state index contributed by atoms with van der Waals surface area (Å²) in [6, 6.07) is 47.8. The molecule has 6 aromatic rings. The second kappa shape index (κ2) is 8.85. The highest BCUT2D eigenvalue weighted by atomic mass is 16.5. The van der Waals surface area contributed by atoms with E-state index in [1.54, 1.807) is 0 Å². The Bertz CT molecular complexity index is 1870. The molecular weight excluding hydrogens is 472 g/mol. The third-order valence-electron chi connectivity index (χ3n) is 8.23. The highest BCUT2D eigenvalue weighted by Crippen LogP contribution is 2.55. The Morgan fingerprint density at radius 1 is 0.462 bits per heavy atom. The van der Waals surface area contributed by atoms with Gasteiger partial charge >= 0.3 is 0 Å². The van der Waals surface area contributed by atoms with Gasteiger partial charge in [-0.3, -0.25) is 0 Å². The molecular formula is C38H26O. The van der Waals surface area contributed by atoms with Crippen molar-refractivity contribution < 1.29 is 4.74 Å².